The predicted octanol–water partition coefficient (Wildman–Crippen LogP) is 1.94. The first-order valence-electron chi connectivity index (χ1n) is 5.39. The Balaban J connectivity index is 2.45. The summed E-state index contributed by atoms with van der Waals surface area (Å²) >= 11 is 0. The predicted molar refractivity (Wildman–Crippen MR) is 59.6 cm³/mol. The smallest absolute Gasteiger partial charge is 0.265 e. The number of aromatic nitrogens is 4. The molecule has 0 aliphatic rings. The molecule has 2 aromatic rings. The Morgan fingerprint density at radius 3 is 2.26 bits per heavy atom. The number of rotatable bonds is 1. The monoisotopic (exact) mass is 272 g/mol. The van der Waals surface area contributed by atoms with Crippen LogP contribution in [0.5, 0.6) is 0 Å². The Bertz CT molecular complexity index is 639. The van der Waals surface area contributed by atoms with Crippen molar-refractivity contribution in [2.75, 3.05) is 0 Å². The van der Waals surface area contributed by atoms with E-state index in [2.05, 4.69) is 10.2 Å². The van der Waals surface area contributed by atoms with E-state index in [9.17, 15) is 18.0 Å². The summed E-state index contributed by atoms with van der Waals surface area (Å²) in [7, 11) is 1.29. The topological polar surface area (TPSA) is 52.7 Å². The first kappa shape index (κ1) is 13.3. The lowest BCUT2D eigenvalue weighted by molar-refractivity contribution is -0.141. The van der Waals surface area contributed by atoms with E-state index in [-0.39, 0.29) is 5.69 Å². The molecular formula is C11H11F3N4O. The van der Waals surface area contributed by atoms with Gasteiger partial charge in [0.05, 0.1) is 5.69 Å². The number of alkyl halides is 3. The highest BCUT2D eigenvalue weighted by Crippen LogP contribution is 2.28. The highest BCUT2D eigenvalue weighted by Gasteiger charge is 2.35. The van der Waals surface area contributed by atoms with Gasteiger partial charge in [-0.05, 0) is 19.9 Å². The second-order valence-corrected chi connectivity index (χ2v) is 4.18. The van der Waals surface area contributed by atoms with Gasteiger partial charge in [-0.3, -0.25) is 9.48 Å². The van der Waals surface area contributed by atoms with Crippen molar-refractivity contribution in [1.82, 2.24) is 19.6 Å². The molecule has 0 aliphatic carbocycles. The lowest BCUT2D eigenvalue weighted by atomic mass is 10.3. The average Bonchev–Trinajstić information content (AvgIpc) is 2.80. The third kappa shape index (κ3) is 2.38. The van der Waals surface area contributed by atoms with Gasteiger partial charge in [0, 0.05) is 18.8 Å². The maximum atomic E-state index is 12.5. The summed E-state index contributed by atoms with van der Waals surface area (Å²) in [6.07, 6.45) is -4.58. The van der Waals surface area contributed by atoms with E-state index in [1.54, 1.807) is 19.9 Å². The summed E-state index contributed by atoms with van der Waals surface area (Å²) in [4.78, 5) is 12.1. The van der Waals surface area contributed by atoms with Crippen LogP contribution in [0.3, 0.4) is 0 Å². The quantitative estimate of drug-likeness (QED) is 0.797. The zero-order chi connectivity index (χ0) is 14.4. The van der Waals surface area contributed by atoms with Crippen molar-refractivity contribution in [2.45, 2.75) is 20.0 Å². The van der Waals surface area contributed by atoms with E-state index >= 15 is 0 Å². The van der Waals surface area contributed by atoms with Crippen LogP contribution >= 0.6 is 0 Å². The van der Waals surface area contributed by atoms with Crippen molar-refractivity contribution in [3.63, 3.8) is 0 Å². The third-order valence-corrected chi connectivity index (χ3v) is 2.59. The Labute approximate surface area is 106 Å². The second-order valence-electron chi connectivity index (χ2n) is 4.18. The maximum Gasteiger partial charge on any atom is 0.435 e. The standard InChI is InChI=1S/C11H11F3N4O/c1-6-4-7(2)18(15-6)10(19)8-5-9(11(12,13)14)16-17(8)3/h4-5H,1-3H3. The molecule has 0 amide bonds. The zero-order valence-electron chi connectivity index (χ0n) is 10.5. The lowest BCUT2D eigenvalue weighted by Gasteiger charge is -2.02. The minimum absolute atomic E-state index is 0.168. The van der Waals surface area contributed by atoms with Crippen LogP contribution < -0.4 is 0 Å². The van der Waals surface area contributed by atoms with Gasteiger partial charge >= 0.3 is 6.18 Å². The van der Waals surface area contributed by atoms with Crippen molar-refractivity contribution < 1.29 is 18.0 Å². The molecule has 0 N–H and O–H groups in total. The summed E-state index contributed by atoms with van der Waals surface area (Å²) in [6, 6.07) is 2.39. The number of halogens is 3. The van der Waals surface area contributed by atoms with Crippen LogP contribution in [-0.2, 0) is 13.2 Å². The van der Waals surface area contributed by atoms with Gasteiger partial charge < -0.3 is 0 Å². The van der Waals surface area contributed by atoms with Gasteiger partial charge in [0.15, 0.2) is 5.69 Å². The van der Waals surface area contributed by atoms with Crippen molar-refractivity contribution >= 4 is 5.91 Å². The van der Waals surface area contributed by atoms with Gasteiger partial charge in [0.25, 0.3) is 5.91 Å². The normalized spacial score (nSPS) is 11.9. The SMILES string of the molecule is Cc1cc(C)n(C(=O)c2cc(C(F)(F)F)nn2C)n1. The van der Waals surface area contributed by atoms with Gasteiger partial charge in [-0.15, -0.1) is 0 Å². The Kier molecular flexibility index (Phi) is 2.95. The minimum atomic E-state index is -4.58. The van der Waals surface area contributed by atoms with Gasteiger partial charge in [-0.1, -0.05) is 0 Å². The fourth-order valence-electron chi connectivity index (χ4n) is 1.75. The van der Waals surface area contributed by atoms with Crippen molar-refractivity contribution in [2.24, 2.45) is 7.05 Å². The Hall–Kier alpha value is -2.12. The van der Waals surface area contributed by atoms with Crippen molar-refractivity contribution in [1.29, 1.82) is 0 Å². The van der Waals surface area contributed by atoms with Crippen LogP contribution in [0, 0.1) is 13.8 Å². The molecule has 0 saturated heterocycles. The maximum absolute atomic E-state index is 12.5. The van der Waals surface area contributed by atoms with Crippen molar-refractivity contribution in [3.8, 4) is 0 Å². The van der Waals surface area contributed by atoms with Crippen LogP contribution in [0.2, 0.25) is 0 Å². The minimum Gasteiger partial charge on any atom is -0.265 e. The number of carbonyl (C=O) groups is 1. The largest absolute Gasteiger partial charge is 0.435 e. The molecule has 0 aromatic carbocycles. The molecule has 5 nitrogen and oxygen atoms in total. The van der Waals surface area contributed by atoms with E-state index in [4.69, 9.17) is 0 Å². The molecule has 2 aromatic heterocycles. The van der Waals surface area contributed by atoms with Crippen LogP contribution in [0.25, 0.3) is 0 Å². The van der Waals surface area contributed by atoms with Crippen LogP contribution in [-0.4, -0.2) is 25.5 Å². The number of aryl methyl sites for hydroxylation is 3. The summed E-state index contributed by atoms with van der Waals surface area (Å²) < 4.78 is 39.5. The van der Waals surface area contributed by atoms with Gasteiger partial charge in [0.2, 0.25) is 0 Å². The van der Waals surface area contributed by atoms with Crippen LogP contribution in [0.4, 0.5) is 13.2 Å². The summed E-state index contributed by atoms with van der Waals surface area (Å²) in [6.45, 7) is 3.35. The molecule has 19 heavy (non-hydrogen) atoms. The number of hydrogen-bond acceptors (Lipinski definition) is 3. The molecule has 0 unspecified atom stereocenters. The first-order valence-corrected chi connectivity index (χ1v) is 5.39. The third-order valence-electron chi connectivity index (χ3n) is 2.59. The molecular weight excluding hydrogens is 261 g/mol. The number of nitrogens with zero attached hydrogens (tertiary/aromatic N) is 4. The Morgan fingerprint density at radius 2 is 1.84 bits per heavy atom. The summed E-state index contributed by atoms with van der Waals surface area (Å²) in [5, 5.41) is 7.24. The lowest BCUT2D eigenvalue weighted by Crippen LogP contribution is -2.18. The summed E-state index contributed by atoms with van der Waals surface area (Å²) in [5.41, 5.74) is -0.0975. The molecule has 102 valence electrons. The van der Waals surface area contributed by atoms with Gasteiger partial charge in [0.1, 0.15) is 5.69 Å². The number of carbonyl (C=O) groups excluding carboxylic acids is 1. The fraction of sp³-hybridized carbons (Fsp3) is 0.364. The molecule has 0 bridgehead atoms. The molecule has 0 aliphatic heterocycles. The Morgan fingerprint density at radius 1 is 1.21 bits per heavy atom. The van der Waals surface area contributed by atoms with E-state index in [0.717, 1.165) is 15.4 Å². The second kappa shape index (κ2) is 4.22. The van der Waals surface area contributed by atoms with Crippen LogP contribution in [0.1, 0.15) is 27.6 Å². The fourth-order valence-corrected chi connectivity index (χ4v) is 1.75. The number of hydrogen-bond donors (Lipinski definition) is 0. The van der Waals surface area contributed by atoms with E-state index in [1.807, 2.05) is 0 Å². The average molecular weight is 272 g/mol. The molecule has 0 fully saturated rings. The molecule has 8 heteroatoms. The van der Waals surface area contributed by atoms with E-state index in [1.165, 1.54) is 7.05 Å². The van der Waals surface area contributed by atoms with E-state index < -0.39 is 17.8 Å². The summed E-state index contributed by atoms with van der Waals surface area (Å²) in [5.74, 6) is -0.643. The molecule has 2 heterocycles. The van der Waals surface area contributed by atoms with Crippen molar-refractivity contribution in [3.05, 3.63) is 34.9 Å². The molecule has 0 spiro atoms. The highest BCUT2D eigenvalue weighted by atomic mass is 19.4. The molecule has 2 rings (SSSR count). The first-order chi connectivity index (χ1) is 8.70. The molecule has 0 radical (unpaired) electrons. The van der Waals surface area contributed by atoms with E-state index in [0.29, 0.717) is 11.4 Å². The molecule has 0 atom stereocenters. The van der Waals surface area contributed by atoms with Gasteiger partial charge in [-0.25, -0.2) is 0 Å². The molecule has 0 saturated carbocycles. The van der Waals surface area contributed by atoms with Gasteiger partial charge in [-0.2, -0.15) is 28.1 Å². The highest BCUT2D eigenvalue weighted by molar-refractivity contribution is 5.94. The van der Waals surface area contributed by atoms with Crippen LogP contribution in [0.15, 0.2) is 12.1 Å². The zero-order valence-corrected chi connectivity index (χ0v) is 10.5.